The molecule has 1 aromatic heterocycles. The van der Waals surface area contributed by atoms with Crippen LogP contribution in [0.1, 0.15) is 26.0 Å². The summed E-state index contributed by atoms with van der Waals surface area (Å²) in [6, 6.07) is 1.79. The van der Waals surface area contributed by atoms with E-state index in [-0.39, 0.29) is 11.9 Å². The highest BCUT2D eigenvalue weighted by molar-refractivity contribution is 5.76. The Balaban J connectivity index is 2.30. The quantitative estimate of drug-likeness (QED) is 0.699. The molecule has 0 aliphatic heterocycles. The minimum atomic E-state index is 0.0370. The number of nitrogen functional groups attached to an aromatic ring is 1. The van der Waals surface area contributed by atoms with Crippen molar-refractivity contribution in [3.8, 4) is 0 Å². The van der Waals surface area contributed by atoms with Gasteiger partial charge in [-0.3, -0.25) is 4.79 Å². The summed E-state index contributed by atoms with van der Waals surface area (Å²) in [5, 5.41) is 5.91. The predicted octanol–water partition coefficient (Wildman–Crippen LogP) is 0.941. The Morgan fingerprint density at radius 1 is 1.44 bits per heavy atom. The molecule has 0 fully saturated rings. The molecule has 4 N–H and O–H groups in total. The molecule has 0 radical (unpaired) electrons. The van der Waals surface area contributed by atoms with Gasteiger partial charge in [0.1, 0.15) is 5.82 Å². The van der Waals surface area contributed by atoms with Crippen LogP contribution in [0.3, 0.4) is 0 Å². The van der Waals surface area contributed by atoms with Crippen molar-refractivity contribution in [2.75, 3.05) is 24.1 Å². The van der Waals surface area contributed by atoms with Gasteiger partial charge in [0.15, 0.2) is 0 Å². The summed E-state index contributed by atoms with van der Waals surface area (Å²) in [7, 11) is 0. The number of nitrogens with one attached hydrogen (secondary N) is 2. The Morgan fingerprint density at radius 2 is 2.17 bits per heavy atom. The minimum absolute atomic E-state index is 0.0370. The van der Waals surface area contributed by atoms with Crippen LogP contribution >= 0.6 is 0 Å². The Labute approximate surface area is 107 Å². The third kappa shape index (κ3) is 5.47. The smallest absolute Gasteiger partial charge is 0.222 e. The normalized spacial score (nSPS) is 10.4. The second kappa shape index (κ2) is 6.78. The molecule has 0 unspecified atom stereocenters. The fourth-order valence-corrected chi connectivity index (χ4v) is 1.39. The average Bonchev–Trinajstić information content (AvgIpc) is 2.25. The second-order valence-electron chi connectivity index (χ2n) is 4.63. The first-order chi connectivity index (χ1) is 8.47. The fraction of sp³-hybridized carbons (Fsp3) is 0.583. The van der Waals surface area contributed by atoms with Crippen LogP contribution in [0.25, 0.3) is 0 Å². The number of aryl methyl sites for hydroxylation is 1. The Hall–Kier alpha value is -1.85. The van der Waals surface area contributed by atoms with E-state index in [0.29, 0.717) is 31.2 Å². The molecule has 0 aromatic carbocycles. The van der Waals surface area contributed by atoms with E-state index < -0.39 is 0 Å². The molecule has 1 rings (SSSR count). The van der Waals surface area contributed by atoms with Gasteiger partial charge in [0.25, 0.3) is 0 Å². The molecule has 0 atom stereocenters. The van der Waals surface area contributed by atoms with Crippen molar-refractivity contribution < 1.29 is 4.79 Å². The van der Waals surface area contributed by atoms with E-state index in [2.05, 4.69) is 34.4 Å². The summed E-state index contributed by atoms with van der Waals surface area (Å²) < 4.78 is 0. The number of rotatable bonds is 6. The zero-order valence-corrected chi connectivity index (χ0v) is 11.2. The zero-order valence-electron chi connectivity index (χ0n) is 11.2. The maximum atomic E-state index is 11.5. The lowest BCUT2D eigenvalue weighted by Gasteiger charge is -2.09. The van der Waals surface area contributed by atoms with Crippen molar-refractivity contribution in [2.24, 2.45) is 5.92 Å². The number of hydrogen-bond acceptors (Lipinski definition) is 5. The van der Waals surface area contributed by atoms with Gasteiger partial charge in [-0.2, -0.15) is 4.98 Å². The largest absolute Gasteiger partial charge is 0.369 e. The first kappa shape index (κ1) is 14.2. The summed E-state index contributed by atoms with van der Waals surface area (Å²) in [4.78, 5) is 19.5. The van der Waals surface area contributed by atoms with Crippen LogP contribution in [0.4, 0.5) is 11.8 Å². The highest BCUT2D eigenvalue weighted by atomic mass is 16.1. The van der Waals surface area contributed by atoms with Crippen molar-refractivity contribution in [3.05, 3.63) is 11.8 Å². The molecule has 6 nitrogen and oxygen atoms in total. The van der Waals surface area contributed by atoms with Gasteiger partial charge < -0.3 is 16.4 Å². The van der Waals surface area contributed by atoms with Crippen molar-refractivity contribution >= 4 is 17.7 Å². The van der Waals surface area contributed by atoms with E-state index in [0.717, 1.165) is 5.69 Å². The summed E-state index contributed by atoms with van der Waals surface area (Å²) in [6.45, 7) is 7.20. The molecule has 1 aromatic rings. The van der Waals surface area contributed by atoms with Crippen LogP contribution in [0.2, 0.25) is 0 Å². The summed E-state index contributed by atoms with van der Waals surface area (Å²) in [5.74, 6) is 1.39. The monoisotopic (exact) mass is 251 g/mol. The number of anilines is 2. The van der Waals surface area contributed by atoms with Gasteiger partial charge in [-0.1, -0.05) is 13.8 Å². The lowest BCUT2D eigenvalue weighted by atomic mass is 10.2. The minimum Gasteiger partial charge on any atom is -0.369 e. The Morgan fingerprint density at radius 3 is 2.78 bits per heavy atom. The first-order valence-electron chi connectivity index (χ1n) is 6.09. The number of carbonyl (C=O) groups is 1. The van der Waals surface area contributed by atoms with Crippen molar-refractivity contribution in [3.63, 3.8) is 0 Å². The summed E-state index contributed by atoms with van der Waals surface area (Å²) in [5.41, 5.74) is 6.33. The first-order valence-corrected chi connectivity index (χ1v) is 6.09. The topological polar surface area (TPSA) is 92.9 Å². The fourth-order valence-electron chi connectivity index (χ4n) is 1.39. The molecule has 0 saturated carbocycles. The average molecular weight is 251 g/mol. The number of amides is 1. The van der Waals surface area contributed by atoms with Gasteiger partial charge in [0.2, 0.25) is 11.9 Å². The van der Waals surface area contributed by atoms with E-state index >= 15 is 0 Å². The van der Waals surface area contributed by atoms with E-state index in [9.17, 15) is 4.79 Å². The number of hydrogen-bond donors (Lipinski definition) is 3. The highest BCUT2D eigenvalue weighted by Crippen LogP contribution is 2.06. The van der Waals surface area contributed by atoms with Gasteiger partial charge in [-0.25, -0.2) is 4.98 Å². The van der Waals surface area contributed by atoms with E-state index in [1.54, 1.807) is 6.07 Å². The molecule has 0 saturated heterocycles. The number of nitrogens with zero attached hydrogens (tertiary/aromatic N) is 2. The standard InChI is InChI=1S/C12H21N5O/c1-8(2)7-15-11(18)4-5-14-10-6-9(3)16-12(13)17-10/h6,8H,4-5,7H2,1-3H3,(H,15,18)(H3,13,14,16,17). The molecular formula is C12H21N5O. The Kier molecular flexibility index (Phi) is 5.35. The van der Waals surface area contributed by atoms with E-state index in [1.165, 1.54) is 0 Å². The molecule has 0 aliphatic rings. The van der Waals surface area contributed by atoms with E-state index in [1.807, 2.05) is 6.92 Å². The van der Waals surface area contributed by atoms with Crippen molar-refractivity contribution in [1.82, 2.24) is 15.3 Å². The van der Waals surface area contributed by atoms with Crippen LogP contribution in [0, 0.1) is 12.8 Å². The Bertz CT molecular complexity index is 385. The highest BCUT2D eigenvalue weighted by Gasteiger charge is 2.03. The van der Waals surface area contributed by atoms with Crippen LogP contribution in [0.15, 0.2) is 6.07 Å². The maximum Gasteiger partial charge on any atom is 0.222 e. The van der Waals surface area contributed by atoms with Gasteiger partial charge >= 0.3 is 0 Å². The lowest BCUT2D eigenvalue weighted by molar-refractivity contribution is -0.120. The number of carbonyl (C=O) groups excluding carboxylic acids is 1. The lowest BCUT2D eigenvalue weighted by Crippen LogP contribution is -2.28. The number of aromatic nitrogens is 2. The molecule has 0 aliphatic carbocycles. The second-order valence-corrected chi connectivity index (χ2v) is 4.63. The van der Waals surface area contributed by atoms with Gasteiger partial charge in [-0.15, -0.1) is 0 Å². The van der Waals surface area contributed by atoms with Crippen LogP contribution in [0.5, 0.6) is 0 Å². The molecule has 1 heterocycles. The van der Waals surface area contributed by atoms with Gasteiger partial charge in [0, 0.05) is 31.3 Å². The molecular weight excluding hydrogens is 230 g/mol. The number of nitrogens with two attached hydrogens (primary N) is 1. The zero-order chi connectivity index (χ0) is 13.5. The third-order valence-corrected chi connectivity index (χ3v) is 2.24. The summed E-state index contributed by atoms with van der Waals surface area (Å²) in [6.07, 6.45) is 0.412. The van der Waals surface area contributed by atoms with Gasteiger partial charge in [0.05, 0.1) is 0 Å². The molecule has 6 heteroatoms. The van der Waals surface area contributed by atoms with Crippen LogP contribution in [-0.4, -0.2) is 29.0 Å². The molecule has 100 valence electrons. The molecule has 18 heavy (non-hydrogen) atoms. The van der Waals surface area contributed by atoms with Crippen molar-refractivity contribution in [2.45, 2.75) is 27.2 Å². The SMILES string of the molecule is Cc1cc(NCCC(=O)NCC(C)C)nc(N)n1. The maximum absolute atomic E-state index is 11.5. The third-order valence-electron chi connectivity index (χ3n) is 2.24. The predicted molar refractivity (Wildman–Crippen MR) is 72.1 cm³/mol. The molecule has 0 spiro atoms. The van der Waals surface area contributed by atoms with Crippen LogP contribution in [-0.2, 0) is 4.79 Å². The molecule has 0 bridgehead atoms. The van der Waals surface area contributed by atoms with Gasteiger partial charge in [-0.05, 0) is 12.8 Å². The van der Waals surface area contributed by atoms with Crippen LogP contribution < -0.4 is 16.4 Å². The van der Waals surface area contributed by atoms with E-state index in [4.69, 9.17) is 5.73 Å². The molecule has 1 amide bonds. The summed E-state index contributed by atoms with van der Waals surface area (Å²) >= 11 is 0. The van der Waals surface area contributed by atoms with Crippen molar-refractivity contribution in [1.29, 1.82) is 0 Å².